The van der Waals surface area contributed by atoms with Gasteiger partial charge in [0.05, 0.1) is 10.0 Å². The number of thioether (sulfide) groups is 1. The number of esters is 3. The van der Waals surface area contributed by atoms with Crippen molar-refractivity contribution in [1.29, 1.82) is 0 Å². The fourth-order valence-corrected chi connectivity index (χ4v) is 4.42. The van der Waals surface area contributed by atoms with Gasteiger partial charge in [0.1, 0.15) is 42.2 Å². The zero-order chi connectivity index (χ0) is 24.0. The molecule has 174 valence electrons. The summed E-state index contributed by atoms with van der Waals surface area (Å²) in [5, 5.41) is 3.68. The van der Waals surface area contributed by atoms with E-state index in [1.807, 2.05) is 0 Å². The van der Waals surface area contributed by atoms with Gasteiger partial charge in [-0.25, -0.2) is 4.39 Å². The van der Waals surface area contributed by atoms with Crippen LogP contribution in [0.3, 0.4) is 0 Å². The Morgan fingerprint density at radius 3 is 2.28 bits per heavy atom. The summed E-state index contributed by atoms with van der Waals surface area (Å²) in [6.45, 7) is 3.01. The highest BCUT2D eigenvalue weighted by Crippen LogP contribution is 2.40. The molecule has 0 amide bonds. The van der Waals surface area contributed by atoms with Gasteiger partial charge in [0.15, 0.2) is 0 Å². The van der Waals surface area contributed by atoms with Gasteiger partial charge >= 0.3 is 17.9 Å². The number of hydrogen-bond donors (Lipinski definition) is 0. The molecule has 1 aliphatic heterocycles. The van der Waals surface area contributed by atoms with E-state index in [4.69, 9.17) is 47.7 Å². The highest BCUT2D eigenvalue weighted by Gasteiger charge is 2.50. The molecule has 1 fully saturated rings. The monoisotopic (exact) mass is 509 g/mol. The standard InChI is InChI=1S/C18H18Cl2FN3O7S/c1-7(25)28-6-13-16(29-8(2)26)15(23-24-22)17(30-9(3)27)18(31-13)32-14-5-11(20)10(19)4-12(14)21/h4-5,13,15-18H,6H2,1-3H3/t13?,15?,16-,17-,18+/m0/s1. The van der Waals surface area contributed by atoms with Gasteiger partial charge in [-0.1, -0.05) is 40.1 Å². The molecule has 14 heteroatoms. The van der Waals surface area contributed by atoms with Gasteiger partial charge in [-0.15, -0.1) is 0 Å². The molecule has 2 rings (SSSR count). The van der Waals surface area contributed by atoms with Crippen LogP contribution in [0.2, 0.25) is 10.0 Å². The van der Waals surface area contributed by atoms with Crippen molar-refractivity contribution in [3.63, 3.8) is 0 Å². The highest BCUT2D eigenvalue weighted by atomic mass is 35.5. The second-order valence-electron chi connectivity index (χ2n) is 6.50. The van der Waals surface area contributed by atoms with Crippen LogP contribution in [0.25, 0.3) is 10.4 Å². The third kappa shape index (κ3) is 6.88. The number of ether oxygens (including phenoxy) is 4. The number of rotatable bonds is 7. The first kappa shape index (κ1) is 26.0. The lowest BCUT2D eigenvalue weighted by molar-refractivity contribution is -0.201. The first-order valence-corrected chi connectivity index (χ1v) is 10.7. The van der Waals surface area contributed by atoms with Crippen LogP contribution in [0.4, 0.5) is 4.39 Å². The maximum Gasteiger partial charge on any atom is 0.303 e. The van der Waals surface area contributed by atoms with Crippen LogP contribution in [0.1, 0.15) is 20.8 Å². The molecule has 1 aromatic carbocycles. The summed E-state index contributed by atoms with van der Waals surface area (Å²) in [5.41, 5.74) is 7.91. The first-order chi connectivity index (χ1) is 15.0. The number of azide groups is 1. The van der Waals surface area contributed by atoms with Crippen LogP contribution in [0, 0.1) is 5.82 Å². The highest BCUT2D eigenvalue weighted by molar-refractivity contribution is 7.99. The fraction of sp³-hybridized carbons (Fsp3) is 0.500. The Hall–Kier alpha value is -2.24. The molecular formula is C18H18Cl2FN3O7S. The normalized spacial score (nSPS) is 24.8. The Balaban J connectivity index is 2.49. The molecule has 10 nitrogen and oxygen atoms in total. The van der Waals surface area contributed by atoms with Crippen molar-refractivity contribution >= 4 is 52.9 Å². The first-order valence-electron chi connectivity index (χ1n) is 9.02. The van der Waals surface area contributed by atoms with Crippen LogP contribution in [0.5, 0.6) is 0 Å². The smallest absolute Gasteiger partial charge is 0.303 e. The summed E-state index contributed by atoms with van der Waals surface area (Å²) in [6, 6.07) is 0.976. The van der Waals surface area contributed by atoms with E-state index in [0.717, 1.165) is 38.6 Å². The molecule has 0 bridgehead atoms. The van der Waals surface area contributed by atoms with Gasteiger partial charge < -0.3 is 18.9 Å². The third-order valence-electron chi connectivity index (χ3n) is 4.07. The lowest BCUT2D eigenvalue weighted by Crippen LogP contribution is -2.59. The third-order valence-corrected chi connectivity index (χ3v) is 5.98. The van der Waals surface area contributed by atoms with Crippen molar-refractivity contribution in [2.45, 2.75) is 55.5 Å². The van der Waals surface area contributed by atoms with Gasteiger partial charge in [-0.05, 0) is 17.7 Å². The predicted molar refractivity (Wildman–Crippen MR) is 112 cm³/mol. The van der Waals surface area contributed by atoms with Crippen LogP contribution < -0.4 is 0 Å². The molecule has 1 heterocycles. The van der Waals surface area contributed by atoms with Crippen molar-refractivity contribution in [3.8, 4) is 0 Å². The molecular weight excluding hydrogens is 492 g/mol. The number of hydrogen-bond acceptors (Lipinski definition) is 9. The minimum atomic E-state index is -1.29. The van der Waals surface area contributed by atoms with Crippen LogP contribution in [-0.4, -0.2) is 54.3 Å². The quantitative estimate of drug-likeness (QED) is 0.134. The number of benzene rings is 1. The maximum absolute atomic E-state index is 14.5. The van der Waals surface area contributed by atoms with Crippen molar-refractivity contribution in [3.05, 3.63) is 38.4 Å². The summed E-state index contributed by atoms with van der Waals surface area (Å²) in [6.07, 6.45) is -3.67. The Kier molecular flexibility index (Phi) is 9.41. The van der Waals surface area contributed by atoms with Gasteiger partial charge in [-0.2, -0.15) is 0 Å². The average Bonchev–Trinajstić information content (AvgIpc) is 2.68. The van der Waals surface area contributed by atoms with Crippen molar-refractivity contribution in [2.75, 3.05) is 6.61 Å². The molecule has 0 radical (unpaired) electrons. The number of carbonyl (C=O) groups excluding carboxylic acids is 3. The van der Waals surface area contributed by atoms with Gasteiger partial charge in [0.2, 0.25) is 0 Å². The summed E-state index contributed by atoms with van der Waals surface area (Å²) in [7, 11) is 0. The largest absolute Gasteiger partial charge is 0.463 e. The summed E-state index contributed by atoms with van der Waals surface area (Å²) in [4.78, 5) is 37.4. The molecule has 0 aliphatic carbocycles. The molecule has 1 aliphatic rings. The van der Waals surface area contributed by atoms with Crippen LogP contribution in [-0.2, 0) is 33.3 Å². The maximum atomic E-state index is 14.5. The predicted octanol–water partition coefficient (Wildman–Crippen LogP) is 4.05. The Morgan fingerprint density at radius 1 is 1.12 bits per heavy atom. The molecule has 5 atom stereocenters. The fourth-order valence-electron chi connectivity index (χ4n) is 2.89. The molecule has 2 unspecified atom stereocenters. The van der Waals surface area contributed by atoms with E-state index < -0.39 is 53.5 Å². The number of nitrogens with zero attached hydrogens (tertiary/aromatic N) is 3. The van der Waals surface area contributed by atoms with E-state index in [1.165, 1.54) is 6.07 Å². The SMILES string of the molecule is CC(=O)OCC1O[C@H](Sc2cc(Cl)c(Cl)cc2F)[C@@H](OC(C)=O)C(N=[N+]=[N-])[C@H]1OC(C)=O. The van der Waals surface area contributed by atoms with Gasteiger partial charge in [0.25, 0.3) is 0 Å². The minimum absolute atomic E-state index is 0.00147. The second kappa shape index (κ2) is 11.6. The van der Waals surface area contributed by atoms with Crippen LogP contribution >= 0.6 is 35.0 Å². The van der Waals surface area contributed by atoms with E-state index in [0.29, 0.717) is 0 Å². The van der Waals surface area contributed by atoms with Gasteiger partial charge in [-0.3, -0.25) is 14.4 Å². The van der Waals surface area contributed by atoms with Crippen molar-refractivity contribution in [2.24, 2.45) is 5.11 Å². The molecule has 0 aromatic heterocycles. The van der Waals surface area contributed by atoms with Crippen molar-refractivity contribution < 1.29 is 37.7 Å². The molecule has 0 spiro atoms. The minimum Gasteiger partial charge on any atom is -0.463 e. The van der Waals surface area contributed by atoms with E-state index in [9.17, 15) is 18.8 Å². The van der Waals surface area contributed by atoms with E-state index in [1.54, 1.807) is 0 Å². The topological polar surface area (TPSA) is 137 Å². The summed E-state index contributed by atoms with van der Waals surface area (Å²) >= 11 is 12.6. The Bertz CT molecular complexity index is 947. The molecule has 32 heavy (non-hydrogen) atoms. The van der Waals surface area contributed by atoms with Crippen LogP contribution in [0.15, 0.2) is 22.1 Å². The zero-order valence-electron chi connectivity index (χ0n) is 17.0. The molecule has 1 saturated heterocycles. The summed E-state index contributed by atoms with van der Waals surface area (Å²) < 4.78 is 35.8. The lowest BCUT2D eigenvalue weighted by atomic mass is 9.97. The lowest BCUT2D eigenvalue weighted by Gasteiger charge is -2.43. The molecule has 0 saturated carbocycles. The molecule has 1 aromatic rings. The summed E-state index contributed by atoms with van der Waals surface area (Å²) in [5.74, 6) is -2.87. The Morgan fingerprint density at radius 2 is 1.72 bits per heavy atom. The van der Waals surface area contributed by atoms with Gasteiger partial charge in [0, 0.05) is 30.6 Å². The number of halogens is 3. The molecule has 0 N–H and O–H groups in total. The second-order valence-corrected chi connectivity index (χ2v) is 8.46. The van der Waals surface area contributed by atoms with Crippen molar-refractivity contribution in [1.82, 2.24) is 0 Å². The van der Waals surface area contributed by atoms with E-state index in [-0.39, 0.29) is 21.5 Å². The Labute approximate surface area is 196 Å². The average molecular weight is 510 g/mol. The number of carbonyl (C=O) groups is 3. The van der Waals surface area contributed by atoms with E-state index in [2.05, 4.69) is 10.0 Å². The zero-order valence-corrected chi connectivity index (χ0v) is 19.3. The van der Waals surface area contributed by atoms with E-state index >= 15 is 0 Å².